The third-order valence-electron chi connectivity index (χ3n) is 4.94. The molecular weight excluding hydrogens is 416 g/mol. The van der Waals surface area contributed by atoms with E-state index < -0.39 is 0 Å². The van der Waals surface area contributed by atoms with Gasteiger partial charge >= 0.3 is 0 Å². The lowest BCUT2D eigenvalue weighted by Crippen LogP contribution is -2.16. The van der Waals surface area contributed by atoms with Crippen molar-refractivity contribution in [2.24, 2.45) is 0 Å². The van der Waals surface area contributed by atoms with Gasteiger partial charge in [0, 0.05) is 24.0 Å². The van der Waals surface area contributed by atoms with Gasteiger partial charge in [0.2, 0.25) is 0 Å². The quantitative estimate of drug-likeness (QED) is 0.471. The molecule has 0 fully saturated rings. The van der Waals surface area contributed by atoms with Crippen molar-refractivity contribution in [3.05, 3.63) is 76.7 Å². The highest BCUT2D eigenvalue weighted by molar-refractivity contribution is 6.30. The number of aryl methyl sites for hydroxylation is 1. The fraction of sp³-hybridized carbons (Fsp3) is 0.174. The number of nitrogens with zero attached hydrogens (tertiary/aromatic N) is 3. The maximum Gasteiger partial charge on any atom is 0.259 e. The molecule has 8 heteroatoms. The number of halogens is 1. The minimum absolute atomic E-state index is 0.273. The molecule has 0 bridgehead atoms. The van der Waals surface area contributed by atoms with Crippen molar-refractivity contribution in [1.29, 1.82) is 0 Å². The van der Waals surface area contributed by atoms with E-state index in [-0.39, 0.29) is 5.91 Å². The number of hydrogen-bond acceptors (Lipinski definition) is 5. The van der Waals surface area contributed by atoms with E-state index in [1.165, 1.54) is 0 Å². The third kappa shape index (κ3) is 4.10. The van der Waals surface area contributed by atoms with E-state index in [4.69, 9.17) is 21.1 Å². The van der Waals surface area contributed by atoms with Crippen LogP contribution in [0.25, 0.3) is 16.8 Å². The molecule has 2 aromatic heterocycles. The summed E-state index contributed by atoms with van der Waals surface area (Å²) in [6, 6.07) is 14.6. The van der Waals surface area contributed by atoms with Crippen LogP contribution in [-0.4, -0.2) is 34.7 Å². The minimum atomic E-state index is -0.273. The summed E-state index contributed by atoms with van der Waals surface area (Å²) < 4.78 is 12.2. The Morgan fingerprint density at radius 1 is 1.16 bits per heavy atom. The van der Waals surface area contributed by atoms with Gasteiger partial charge in [-0.2, -0.15) is 5.10 Å². The van der Waals surface area contributed by atoms with Gasteiger partial charge in [-0.3, -0.25) is 4.79 Å². The fourth-order valence-corrected chi connectivity index (χ4v) is 3.60. The van der Waals surface area contributed by atoms with E-state index in [1.807, 2.05) is 31.2 Å². The molecule has 7 nitrogen and oxygen atoms in total. The molecule has 0 aliphatic carbocycles. The zero-order valence-electron chi connectivity index (χ0n) is 17.3. The molecule has 2 heterocycles. The molecule has 0 saturated carbocycles. The van der Waals surface area contributed by atoms with Crippen molar-refractivity contribution < 1.29 is 14.3 Å². The van der Waals surface area contributed by atoms with Crippen LogP contribution >= 0.6 is 11.6 Å². The molecule has 0 aliphatic rings. The van der Waals surface area contributed by atoms with Gasteiger partial charge in [-0.05, 0) is 48.9 Å². The first kappa shape index (κ1) is 20.8. The Bertz CT molecular complexity index is 1250. The first-order chi connectivity index (χ1) is 15.0. The summed E-state index contributed by atoms with van der Waals surface area (Å²) in [5.74, 6) is 0.443. The third-order valence-corrected chi connectivity index (χ3v) is 5.18. The van der Waals surface area contributed by atoms with Gasteiger partial charge in [-0.1, -0.05) is 23.7 Å². The lowest BCUT2D eigenvalue weighted by molar-refractivity contribution is 0.102. The molecule has 4 aromatic rings. The number of methoxy groups -OCH3 is 2. The van der Waals surface area contributed by atoms with E-state index >= 15 is 0 Å². The summed E-state index contributed by atoms with van der Waals surface area (Å²) in [7, 11) is 3.21. The second-order valence-corrected chi connectivity index (χ2v) is 7.38. The summed E-state index contributed by atoms with van der Waals surface area (Å²) in [6.45, 7) is 2.14. The lowest BCUT2D eigenvalue weighted by atomic mass is 10.1. The molecule has 0 spiro atoms. The summed E-state index contributed by atoms with van der Waals surface area (Å²) in [6.07, 6.45) is 1.57. The van der Waals surface area contributed by atoms with Crippen LogP contribution in [0.1, 0.15) is 21.7 Å². The number of fused-ring (bicyclic) bond motifs is 1. The highest BCUT2D eigenvalue weighted by Gasteiger charge is 2.20. The van der Waals surface area contributed by atoms with Crippen LogP contribution in [-0.2, 0) is 11.3 Å². The molecule has 0 atom stereocenters. The first-order valence-electron chi connectivity index (χ1n) is 9.59. The van der Waals surface area contributed by atoms with E-state index in [2.05, 4.69) is 15.4 Å². The van der Waals surface area contributed by atoms with Crippen LogP contribution in [0.2, 0.25) is 5.02 Å². The molecule has 4 rings (SSSR count). The molecule has 0 saturated heterocycles. The normalized spacial score (nSPS) is 11.0. The summed E-state index contributed by atoms with van der Waals surface area (Å²) in [5, 5.41) is 8.17. The number of carbonyl (C=O) groups excluding carboxylic acids is 1. The Labute approximate surface area is 184 Å². The molecule has 0 unspecified atom stereocenters. The van der Waals surface area contributed by atoms with Crippen molar-refractivity contribution >= 4 is 28.8 Å². The molecule has 31 heavy (non-hydrogen) atoms. The van der Waals surface area contributed by atoms with Gasteiger partial charge in [0.15, 0.2) is 5.65 Å². The van der Waals surface area contributed by atoms with Crippen molar-refractivity contribution in [3.8, 4) is 16.9 Å². The minimum Gasteiger partial charge on any atom is -0.497 e. The van der Waals surface area contributed by atoms with Crippen LogP contribution in [0, 0.1) is 6.92 Å². The van der Waals surface area contributed by atoms with Crippen molar-refractivity contribution in [2.75, 3.05) is 19.5 Å². The van der Waals surface area contributed by atoms with Gasteiger partial charge < -0.3 is 14.8 Å². The van der Waals surface area contributed by atoms with Crippen molar-refractivity contribution in [2.45, 2.75) is 13.5 Å². The Morgan fingerprint density at radius 3 is 2.61 bits per heavy atom. The highest BCUT2D eigenvalue weighted by atomic mass is 35.5. The summed E-state index contributed by atoms with van der Waals surface area (Å²) >= 11 is 6.20. The van der Waals surface area contributed by atoms with Crippen LogP contribution < -0.4 is 10.1 Å². The molecular formula is C23H21ClN4O3. The predicted molar refractivity (Wildman–Crippen MR) is 120 cm³/mol. The van der Waals surface area contributed by atoms with E-state index in [0.29, 0.717) is 45.7 Å². The molecule has 1 N–H and O–H groups in total. The Morgan fingerprint density at radius 2 is 1.94 bits per heavy atom. The number of rotatable bonds is 6. The molecule has 1 amide bonds. The number of carbonyl (C=O) groups is 1. The second kappa shape index (κ2) is 8.75. The largest absolute Gasteiger partial charge is 0.497 e. The van der Waals surface area contributed by atoms with Crippen LogP contribution in [0.4, 0.5) is 5.69 Å². The van der Waals surface area contributed by atoms with Crippen molar-refractivity contribution in [3.63, 3.8) is 0 Å². The van der Waals surface area contributed by atoms with Crippen LogP contribution in [0.5, 0.6) is 5.75 Å². The number of aromatic nitrogens is 3. The average molecular weight is 437 g/mol. The van der Waals surface area contributed by atoms with Crippen LogP contribution in [0.3, 0.4) is 0 Å². The second-order valence-electron chi connectivity index (χ2n) is 6.94. The monoisotopic (exact) mass is 436 g/mol. The number of benzene rings is 2. The van der Waals surface area contributed by atoms with Crippen molar-refractivity contribution in [1.82, 2.24) is 14.6 Å². The number of nitrogens with one attached hydrogen (secondary N) is 1. The molecule has 2 aromatic carbocycles. The topological polar surface area (TPSA) is 77.8 Å². The maximum absolute atomic E-state index is 12.9. The molecule has 0 aliphatic heterocycles. The van der Waals surface area contributed by atoms with E-state index in [9.17, 15) is 4.79 Å². The Kier molecular flexibility index (Phi) is 5.88. The standard InChI is InChI=1S/C23H21ClN4O3/c1-14-19(23(29)26-17-7-9-18(31-3)10-8-17)12-25-22-21(15-5-4-6-16(24)11-15)20(13-30-2)27-28(14)22/h4-12H,13H2,1-3H3,(H,26,29). The molecule has 0 radical (unpaired) electrons. The SMILES string of the molecule is COCc1nn2c(C)c(C(=O)Nc3ccc(OC)cc3)cnc2c1-c1cccc(Cl)c1. The summed E-state index contributed by atoms with van der Waals surface area (Å²) in [5.41, 5.74) is 4.81. The Balaban J connectivity index is 1.75. The number of ether oxygens (including phenoxy) is 2. The van der Waals surface area contributed by atoms with Gasteiger partial charge in [0.05, 0.1) is 36.2 Å². The first-order valence-corrected chi connectivity index (χ1v) is 9.97. The summed E-state index contributed by atoms with van der Waals surface area (Å²) in [4.78, 5) is 17.5. The number of anilines is 1. The van der Waals surface area contributed by atoms with Gasteiger partial charge in [0.1, 0.15) is 5.75 Å². The predicted octanol–water partition coefficient (Wildman–Crippen LogP) is 4.77. The van der Waals surface area contributed by atoms with Crippen LogP contribution in [0.15, 0.2) is 54.7 Å². The fourth-order valence-electron chi connectivity index (χ4n) is 3.41. The zero-order valence-corrected chi connectivity index (χ0v) is 18.1. The maximum atomic E-state index is 12.9. The lowest BCUT2D eigenvalue weighted by Gasteiger charge is -2.09. The van der Waals surface area contributed by atoms with Gasteiger partial charge in [-0.25, -0.2) is 9.50 Å². The Hall–Kier alpha value is -3.42. The van der Waals surface area contributed by atoms with E-state index in [1.54, 1.807) is 49.2 Å². The highest BCUT2D eigenvalue weighted by Crippen LogP contribution is 2.31. The number of amides is 1. The molecule has 158 valence electrons. The smallest absolute Gasteiger partial charge is 0.259 e. The zero-order chi connectivity index (χ0) is 22.0. The average Bonchev–Trinajstić information content (AvgIpc) is 3.14. The van der Waals surface area contributed by atoms with Gasteiger partial charge in [0.25, 0.3) is 5.91 Å². The van der Waals surface area contributed by atoms with E-state index in [0.717, 1.165) is 11.1 Å². The number of hydrogen-bond donors (Lipinski definition) is 1. The van der Waals surface area contributed by atoms with Gasteiger partial charge in [-0.15, -0.1) is 0 Å².